The molecule has 1 saturated carbocycles. The van der Waals surface area contributed by atoms with Crippen LogP contribution in [0.1, 0.15) is 81.3 Å². The summed E-state index contributed by atoms with van der Waals surface area (Å²) in [7, 11) is 0. The maximum atomic E-state index is 7.42. The van der Waals surface area contributed by atoms with Crippen LogP contribution < -0.4 is 9.64 Å². The van der Waals surface area contributed by atoms with Crippen LogP contribution in [0.5, 0.6) is 5.75 Å². The molecule has 0 N–H and O–H groups in total. The Morgan fingerprint density at radius 2 is 1.71 bits per heavy atom. The molecule has 0 radical (unpaired) electrons. The van der Waals surface area contributed by atoms with E-state index in [4.69, 9.17) is 9.47 Å². The molecule has 262 valence electrons. The Kier molecular flexibility index (Phi) is 7.43. The average Bonchev–Trinajstić information content (AvgIpc) is 3.56. The first-order chi connectivity index (χ1) is 25.8. The number of nitrogens with zero attached hydrogens (tertiary/aromatic N) is 1. The van der Waals surface area contributed by atoms with Gasteiger partial charge in [0.15, 0.2) is 0 Å². The lowest BCUT2D eigenvalue weighted by molar-refractivity contribution is -0.0860. The number of hydrogen-bond acceptors (Lipinski definition) is 3. The Balaban J connectivity index is 1.03. The van der Waals surface area contributed by atoms with Gasteiger partial charge in [-0.3, -0.25) is 0 Å². The minimum absolute atomic E-state index is 0.144. The summed E-state index contributed by atoms with van der Waals surface area (Å²) >= 11 is 0. The van der Waals surface area contributed by atoms with Crippen molar-refractivity contribution in [1.82, 2.24) is 0 Å². The van der Waals surface area contributed by atoms with Gasteiger partial charge in [0.1, 0.15) is 11.5 Å². The topological polar surface area (TPSA) is 21.7 Å². The van der Waals surface area contributed by atoms with E-state index in [1.807, 2.05) is 0 Å². The predicted molar refractivity (Wildman–Crippen MR) is 210 cm³/mol. The number of fused-ring (bicyclic) bond motifs is 10. The molecule has 9 unspecified atom stereocenters. The lowest BCUT2D eigenvalue weighted by atomic mass is 9.52. The van der Waals surface area contributed by atoms with E-state index in [-0.39, 0.29) is 23.5 Å². The summed E-state index contributed by atoms with van der Waals surface area (Å²) in [5, 5.41) is 0. The molecule has 0 aromatic heterocycles. The second-order valence-electron chi connectivity index (χ2n) is 16.6. The van der Waals surface area contributed by atoms with Crippen molar-refractivity contribution in [2.45, 2.75) is 99.8 Å². The number of ether oxygens (including phenoxy) is 2. The van der Waals surface area contributed by atoms with Crippen LogP contribution in [0.15, 0.2) is 144 Å². The maximum Gasteiger partial charge on any atom is 0.131 e. The molecule has 0 amide bonds. The molecule has 1 spiro atoms. The molecule has 3 nitrogen and oxygen atoms in total. The fourth-order valence-electron chi connectivity index (χ4n) is 12.2. The van der Waals surface area contributed by atoms with Gasteiger partial charge in [0, 0.05) is 41.1 Å². The first kappa shape index (κ1) is 31.2. The van der Waals surface area contributed by atoms with E-state index in [2.05, 4.69) is 132 Å². The SMILES string of the molecule is C1=CCC(N2c3ccccc3C3C(C4C=CC5C(C4)OC4CCCC=C4C54C5=C(CCC=C5)Oc5ccc(-c6ccccc6)cc54)CCCC32)C=C1. The summed E-state index contributed by atoms with van der Waals surface area (Å²) in [4.78, 5) is 2.82. The van der Waals surface area contributed by atoms with Crippen molar-refractivity contribution in [3.63, 3.8) is 0 Å². The minimum atomic E-state index is -0.285. The van der Waals surface area contributed by atoms with Crippen LogP contribution in [-0.4, -0.2) is 24.3 Å². The van der Waals surface area contributed by atoms with Gasteiger partial charge in [-0.25, -0.2) is 0 Å². The summed E-state index contributed by atoms with van der Waals surface area (Å²) < 4.78 is 14.3. The Bertz CT molecular complexity index is 2080. The van der Waals surface area contributed by atoms with Gasteiger partial charge in [-0.1, -0.05) is 116 Å². The molecule has 3 heterocycles. The molecule has 1 saturated heterocycles. The third-order valence-corrected chi connectivity index (χ3v) is 14.1. The average molecular weight is 684 g/mol. The molecule has 0 bridgehead atoms. The number of allylic oxidation sites excluding steroid dienone is 8. The fraction of sp³-hybridized carbons (Fsp3) is 0.388. The molecule has 3 heteroatoms. The lowest BCUT2D eigenvalue weighted by Gasteiger charge is -2.58. The standard InChI is InChI=1S/C49H49NO2/c1-3-14-32(15-4-1)33-27-29-46-41(30-33)49(38-20-8-11-24-44(38)51-46)39-21-9-12-25-45(39)52-47-31-34(26-28-40(47)49)36-19-13-23-43-48(36)37-18-7-10-22-42(37)50(43)35-16-5-2-6-17-35/h1-8,10,14-16,18,20-22,26-30,34-36,40,43,45,47-48H,9,11-13,17,19,23-25,31H2. The second-order valence-corrected chi connectivity index (χ2v) is 16.6. The maximum absolute atomic E-state index is 7.42. The molecular weight excluding hydrogens is 635 g/mol. The molecule has 5 aliphatic carbocycles. The second kappa shape index (κ2) is 12.4. The molecular formula is C49H49NO2. The van der Waals surface area contributed by atoms with Gasteiger partial charge in [-0.2, -0.15) is 0 Å². The largest absolute Gasteiger partial charge is 0.461 e. The number of para-hydroxylation sites is 1. The van der Waals surface area contributed by atoms with E-state index in [0.717, 1.165) is 44.3 Å². The molecule has 3 aromatic rings. The van der Waals surface area contributed by atoms with E-state index in [1.165, 1.54) is 65.0 Å². The zero-order valence-corrected chi connectivity index (χ0v) is 30.1. The predicted octanol–water partition coefficient (Wildman–Crippen LogP) is 11.3. The molecule has 2 fully saturated rings. The quantitative estimate of drug-likeness (QED) is 0.257. The highest BCUT2D eigenvalue weighted by atomic mass is 16.5. The van der Waals surface area contributed by atoms with E-state index in [9.17, 15) is 0 Å². The molecule has 52 heavy (non-hydrogen) atoms. The van der Waals surface area contributed by atoms with Crippen LogP contribution in [0.25, 0.3) is 11.1 Å². The Morgan fingerprint density at radius 3 is 2.63 bits per heavy atom. The number of rotatable bonds is 3. The van der Waals surface area contributed by atoms with Gasteiger partial charge in [-0.15, -0.1) is 0 Å². The highest BCUT2D eigenvalue weighted by Gasteiger charge is 2.60. The van der Waals surface area contributed by atoms with E-state index < -0.39 is 0 Å². The highest BCUT2D eigenvalue weighted by molar-refractivity contribution is 5.72. The van der Waals surface area contributed by atoms with E-state index in [1.54, 1.807) is 5.56 Å². The number of hydrogen-bond donors (Lipinski definition) is 0. The fourth-order valence-corrected chi connectivity index (χ4v) is 12.2. The van der Waals surface area contributed by atoms with Crippen LogP contribution in [0.4, 0.5) is 5.69 Å². The zero-order chi connectivity index (χ0) is 34.2. The number of benzene rings is 3. The summed E-state index contributed by atoms with van der Waals surface area (Å²) in [6, 6.07) is 28.3. The molecule has 8 aliphatic rings. The van der Waals surface area contributed by atoms with Crippen LogP contribution in [0.2, 0.25) is 0 Å². The monoisotopic (exact) mass is 683 g/mol. The first-order valence-corrected chi connectivity index (χ1v) is 20.3. The molecule has 3 aliphatic heterocycles. The van der Waals surface area contributed by atoms with Crippen molar-refractivity contribution in [3.8, 4) is 16.9 Å². The van der Waals surface area contributed by atoms with Crippen molar-refractivity contribution in [2.75, 3.05) is 4.90 Å². The summed E-state index contributed by atoms with van der Waals surface area (Å²) in [5.74, 6) is 4.11. The molecule has 9 atom stereocenters. The smallest absolute Gasteiger partial charge is 0.131 e. The Labute approximate surface area is 309 Å². The van der Waals surface area contributed by atoms with Crippen molar-refractivity contribution >= 4 is 5.69 Å². The first-order valence-electron chi connectivity index (χ1n) is 20.3. The third-order valence-electron chi connectivity index (χ3n) is 14.1. The zero-order valence-electron chi connectivity index (χ0n) is 30.1. The third kappa shape index (κ3) is 4.60. The van der Waals surface area contributed by atoms with Gasteiger partial charge >= 0.3 is 0 Å². The summed E-state index contributed by atoms with van der Waals surface area (Å²) in [6.45, 7) is 0. The van der Waals surface area contributed by atoms with Gasteiger partial charge in [0.05, 0.1) is 23.7 Å². The van der Waals surface area contributed by atoms with Crippen molar-refractivity contribution in [3.05, 3.63) is 156 Å². The van der Waals surface area contributed by atoms with Gasteiger partial charge < -0.3 is 14.4 Å². The van der Waals surface area contributed by atoms with E-state index >= 15 is 0 Å². The molecule has 3 aromatic carbocycles. The summed E-state index contributed by atoms with van der Waals surface area (Å²) in [6.07, 6.45) is 33.8. The van der Waals surface area contributed by atoms with Crippen LogP contribution >= 0.6 is 0 Å². The molecule has 11 rings (SSSR count). The van der Waals surface area contributed by atoms with Gasteiger partial charge in [0.25, 0.3) is 0 Å². The van der Waals surface area contributed by atoms with Crippen molar-refractivity contribution in [2.24, 2.45) is 17.8 Å². The van der Waals surface area contributed by atoms with Crippen LogP contribution in [0.3, 0.4) is 0 Å². The number of anilines is 1. The summed E-state index contributed by atoms with van der Waals surface area (Å²) in [5.41, 5.74) is 9.53. The normalized spacial score (nSPS) is 35.2. The van der Waals surface area contributed by atoms with Crippen molar-refractivity contribution < 1.29 is 9.47 Å². The van der Waals surface area contributed by atoms with Crippen molar-refractivity contribution in [1.29, 1.82) is 0 Å². The van der Waals surface area contributed by atoms with Crippen LogP contribution in [0, 0.1) is 17.8 Å². The lowest BCUT2D eigenvalue weighted by Crippen LogP contribution is -2.57. The highest BCUT2D eigenvalue weighted by Crippen LogP contribution is 2.63. The minimum Gasteiger partial charge on any atom is -0.461 e. The Morgan fingerprint density at radius 1 is 0.788 bits per heavy atom. The van der Waals surface area contributed by atoms with Gasteiger partial charge in [-0.05, 0) is 104 Å². The van der Waals surface area contributed by atoms with Gasteiger partial charge in [0.2, 0.25) is 0 Å². The van der Waals surface area contributed by atoms with Crippen LogP contribution in [-0.2, 0) is 10.2 Å². The van der Waals surface area contributed by atoms with E-state index in [0.29, 0.717) is 29.8 Å². The Hall–Kier alpha value is -4.34.